The Balaban J connectivity index is 2.99. The second kappa shape index (κ2) is 5.10. The molecule has 0 saturated heterocycles. The van der Waals surface area contributed by atoms with Gasteiger partial charge in [0.05, 0.1) is 0 Å². The van der Waals surface area contributed by atoms with Gasteiger partial charge in [0, 0.05) is 13.1 Å². The van der Waals surface area contributed by atoms with Crippen LogP contribution in [-0.4, -0.2) is 19.2 Å². The lowest BCUT2D eigenvalue weighted by atomic mass is 10.7. The minimum absolute atomic E-state index is 0.436. The normalized spacial score (nSPS) is 8.25. The van der Waals surface area contributed by atoms with Crippen LogP contribution >= 0.6 is 23.0 Å². The highest BCUT2D eigenvalue weighted by Gasteiger charge is 1.93. The summed E-state index contributed by atoms with van der Waals surface area (Å²) in [6.07, 6.45) is -0.448. The molecule has 0 aliphatic heterocycles. The highest BCUT2D eigenvalue weighted by Crippen LogP contribution is 1.83. The standard InChI is InChI=1S/C3H7IN2O2/c4-8-3(7)6-2-1-5/h1-2,5H2,(H,6,7). The van der Waals surface area contributed by atoms with Gasteiger partial charge in [0.15, 0.2) is 23.0 Å². The maximum absolute atomic E-state index is 10.2. The van der Waals surface area contributed by atoms with E-state index < -0.39 is 6.09 Å². The Hall–Kier alpha value is -0.0400. The van der Waals surface area contributed by atoms with Crippen LogP contribution in [0.5, 0.6) is 0 Å². The summed E-state index contributed by atoms with van der Waals surface area (Å²) >= 11 is 1.50. The molecule has 0 fully saturated rings. The Labute approximate surface area is 61.4 Å². The first kappa shape index (κ1) is 7.96. The van der Waals surface area contributed by atoms with Crippen molar-refractivity contribution in [2.45, 2.75) is 0 Å². The number of hydrogen-bond donors (Lipinski definition) is 2. The highest BCUT2D eigenvalue weighted by molar-refractivity contribution is 14.1. The number of carbonyl (C=O) groups excluding carboxylic acids is 1. The summed E-state index contributed by atoms with van der Waals surface area (Å²) in [6.45, 7) is 0.896. The van der Waals surface area contributed by atoms with Crippen molar-refractivity contribution in [3.63, 3.8) is 0 Å². The molecule has 4 nitrogen and oxygen atoms in total. The molecule has 0 aromatic carbocycles. The molecule has 0 bridgehead atoms. The van der Waals surface area contributed by atoms with E-state index in [4.69, 9.17) is 5.73 Å². The molecule has 48 valence electrons. The number of amides is 1. The lowest BCUT2D eigenvalue weighted by Gasteiger charge is -1.96. The van der Waals surface area contributed by atoms with E-state index in [-0.39, 0.29) is 0 Å². The van der Waals surface area contributed by atoms with Gasteiger partial charge >= 0.3 is 6.09 Å². The molecule has 5 heteroatoms. The summed E-state index contributed by atoms with van der Waals surface area (Å²) < 4.78 is 4.22. The van der Waals surface area contributed by atoms with Gasteiger partial charge in [0.25, 0.3) is 0 Å². The average molecular weight is 230 g/mol. The zero-order valence-electron chi connectivity index (χ0n) is 4.19. The number of hydrogen-bond acceptors (Lipinski definition) is 3. The summed E-state index contributed by atoms with van der Waals surface area (Å²) in [4.78, 5) is 10.2. The number of nitrogens with one attached hydrogen (secondary N) is 1. The van der Waals surface area contributed by atoms with Gasteiger partial charge in [-0.15, -0.1) is 0 Å². The van der Waals surface area contributed by atoms with Crippen molar-refractivity contribution in [2.24, 2.45) is 5.73 Å². The third-order valence-electron chi connectivity index (χ3n) is 0.484. The fourth-order valence-corrected chi connectivity index (χ4v) is 0.357. The molecule has 0 aliphatic rings. The van der Waals surface area contributed by atoms with Crippen LogP contribution in [0.4, 0.5) is 4.79 Å². The number of nitrogens with two attached hydrogens (primary N) is 1. The fraction of sp³-hybridized carbons (Fsp3) is 0.667. The summed E-state index contributed by atoms with van der Waals surface area (Å²) in [5.41, 5.74) is 5.06. The van der Waals surface area contributed by atoms with Crippen molar-refractivity contribution in [1.82, 2.24) is 5.32 Å². The van der Waals surface area contributed by atoms with Gasteiger partial charge < -0.3 is 14.1 Å². The average Bonchev–Trinajstić information content (AvgIpc) is 1.83. The van der Waals surface area contributed by atoms with Crippen molar-refractivity contribution < 1.29 is 7.86 Å². The predicted molar refractivity (Wildman–Crippen MR) is 37.6 cm³/mol. The summed E-state index contributed by atoms with van der Waals surface area (Å²) in [5, 5.41) is 2.39. The van der Waals surface area contributed by atoms with Crippen molar-refractivity contribution in [3.05, 3.63) is 0 Å². The van der Waals surface area contributed by atoms with E-state index in [9.17, 15) is 4.79 Å². The summed E-state index contributed by atoms with van der Waals surface area (Å²) in [5.74, 6) is 0. The Morgan fingerprint density at radius 3 is 2.88 bits per heavy atom. The lowest BCUT2D eigenvalue weighted by molar-refractivity contribution is 0.215. The van der Waals surface area contributed by atoms with E-state index in [1.165, 1.54) is 23.0 Å². The van der Waals surface area contributed by atoms with Crippen LogP contribution in [0.15, 0.2) is 0 Å². The zero-order chi connectivity index (χ0) is 6.41. The maximum Gasteiger partial charge on any atom is 0.416 e. The molecular weight excluding hydrogens is 223 g/mol. The molecule has 3 N–H and O–H groups in total. The van der Waals surface area contributed by atoms with Crippen LogP contribution in [0.2, 0.25) is 0 Å². The van der Waals surface area contributed by atoms with Crippen LogP contribution in [0.1, 0.15) is 0 Å². The van der Waals surface area contributed by atoms with Gasteiger partial charge in [-0.3, -0.25) is 0 Å². The summed E-state index contributed by atoms with van der Waals surface area (Å²) in [7, 11) is 0. The maximum atomic E-state index is 10.2. The zero-order valence-corrected chi connectivity index (χ0v) is 6.34. The predicted octanol–water partition coefficient (Wildman–Crippen LogP) is 0.0213. The lowest BCUT2D eigenvalue weighted by Crippen LogP contribution is -2.27. The van der Waals surface area contributed by atoms with Crippen molar-refractivity contribution in [1.29, 1.82) is 0 Å². The van der Waals surface area contributed by atoms with E-state index in [1.807, 2.05) is 0 Å². The molecule has 0 rings (SSSR count). The fourth-order valence-electron chi connectivity index (χ4n) is 0.202. The van der Waals surface area contributed by atoms with Gasteiger partial charge in [-0.2, -0.15) is 0 Å². The van der Waals surface area contributed by atoms with Gasteiger partial charge in [-0.05, 0) is 0 Å². The molecule has 0 atom stereocenters. The topological polar surface area (TPSA) is 64.3 Å². The number of halogens is 1. The first-order chi connectivity index (χ1) is 3.81. The minimum Gasteiger partial charge on any atom is -0.378 e. The molecular formula is C3H7IN2O2. The van der Waals surface area contributed by atoms with E-state index in [0.717, 1.165) is 0 Å². The van der Waals surface area contributed by atoms with Gasteiger partial charge in [-0.25, -0.2) is 4.79 Å². The number of rotatable bonds is 2. The van der Waals surface area contributed by atoms with Gasteiger partial charge in [-0.1, -0.05) is 0 Å². The van der Waals surface area contributed by atoms with Crippen LogP contribution in [0.25, 0.3) is 0 Å². The van der Waals surface area contributed by atoms with E-state index in [1.54, 1.807) is 0 Å². The summed E-state index contributed by atoms with van der Waals surface area (Å²) in [6, 6.07) is 0. The molecule has 1 amide bonds. The Morgan fingerprint density at radius 1 is 1.88 bits per heavy atom. The second-order valence-corrected chi connectivity index (χ2v) is 1.52. The van der Waals surface area contributed by atoms with Crippen LogP contribution in [-0.2, 0) is 3.07 Å². The minimum atomic E-state index is -0.448. The third kappa shape index (κ3) is 4.13. The van der Waals surface area contributed by atoms with Crippen LogP contribution < -0.4 is 11.1 Å². The van der Waals surface area contributed by atoms with Crippen molar-refractivity contribution in [3.8, 4) is 0 Å². The molecule has 0 unspecified atom stereocenters. The van der Waals surface area contributed by atoms with Crippen molar-refractivity contribution in [2.75, 3.05) is 13.1 Å². The quantitative estimate of drug-likeness (QED) is 0.657. The highest BCUT2D eigenvalue weighted by atomic mass is 127. The molecule has 0 heterocycles. The third-order valence-corrected chi connectivity index (χ3v) is 0.884. The largest absolute Gasteiger partial charge is 0.416 e. The molecule has 0 aromatic heterocycles. The SMILES string of the molecule is NCCNC(=O)OI. The molecule has 0 radical (unpaired) electrons. The first-order valence-corrected chi connectivity index (χ1v) is 2.96. The van der Waals surface area contributed by atoms with Crippen LogP contribution in [0, 0.1) is 0 Å². The monoisotopic (exact) mass is 230 g/mol. The molecule has 0 aromatic rings. The molecule has 0 saturated carbocycles. The van der Waals surface area contributed by atoms with Gasteiger partial charge in [0.1, 0.15) is 0 Å². The molecule has 8 heavy (non-hydrogen) atoms. The Kier molecular flexibility index (Phi) is 5.08. The molecule has 0 spiro atoms. The smallest absolute Gasteiger partial charge is 0.378 e. The Bertz CT molecular complexity index is 77.7. The van der Waals surface area contributed by atoms with E-state index in [2.05, 4.69) is 8.38 Å². The van der Waals surface area contributed by atoms with E-state index in [0.29, 0.717) is 13.1 Å². The van der Waals surface area contributed by atoms with Crippen molar-refractivity contribution >= 4 is 29.1 Å². The van der Waals surface area contributed by atoms with E-state index >= 15 is 0 Å². The Morgan fingerprint density at radius 2 is 2.50 bits per heavy atom. The second-order valence-electron chi connectivity index (χ2n) is 1.08. The first-order valence-electron chi connectivity index (χ1n) is 2.07. The molecule has 0 aliphatic carbocycles. The van der Waals surface area contributed by atoms with Gasteiger partial charge in [0.2, 0.25) is 0 Å². The van der Waals surface area contributed by atoms with Crippen LogP contribution in [0.3, 0.4) is 0 Å². The number of carbonyl (C=O) groups is 1.